The van der Waals surface area contributed by atoms with E-state index in [2.05, 4.69) is 0 Å². The van der Waals surface area contributed by atoms with E-state index < -0.39 is 22.1 Å². The van der Waals surface area contributed by atoms with Crippen molar-refractivity contribution in [3.05, 3.63) is 65.2 Å². The molecule has 0 unspecified atom stereocenters. The molecule has 2 aromatic rings. The van der Waals surface area contributed by atoms with Crippen LogP contribution in [0.25, 0.3) is 0 Å². The van der Waals surface area contributed by atoms with Crippen LogP contribution < -0.4 is 0 Å². The molecule has 0 spiro atoms. The van der Waals surface area contributed by atoms with E-state index in [1.54, 1.807) is 71.3 Å². The molecule has 1 atom stereocenters. The van der Waals surface area contributed by atoms with E-state index in [1.807, 2.05) is 0 Å². The van der Waals surface area contributed by atoms with Crippen LogP contribution in [0.4, 0.5) is 0 Å². The summed E-state index contributed by atoms with van der Waals surface area (Å²) in [5.74, 6) is -1.15. The van der Waals surface area contributed by atoms with Gasteiger partial charge in [0.2, 0.25) is 16.1 Å². The van der Waals surface area contributed by atoms with Gasteiger partial charge < -0.3 is 9.64 Å². The molecule has 0 aliphatic heterocycles. The average Bonchev–Trinajstić information content (AvgIpc) is 2.72. The molecule has 0 aliphatic rings. The maximum Gasteiger partial charge on any atom is 0.339 e. The third kappa shape index (κ3) is 5.06. The van der Waals surface area contributed by atoms with Crippen molar-refractivity contribution in [1.29, 1.82) is 0 Å². The summed E-state index contributed by atoms with van der Waals surface area (Å²) in [7, 11) is -0.578. The molecule has 2 rings (SSSR count). The molecule has 0 saturated heterocycles. The molecule has 8 heteroatoms. The van der Waals surface area contributed by atoms with Crippen molar-refractivity contribution in [2.45, 2.75) is 31.8 Å². The second-order valence-electron chi connectivity index (χ2n) is 6.99. The molecule has 0 N–H and O–H groups in total. The van der Waals surface area contributed by atoms with Crippen LogP contribution in [0, 0.1) is 6.92 Å². The van der Waals surface area contributed by atoms with E-state index in [-0.39, 0.29) is 16.4 Å². The van der Waals surface area contributed by atoms with Crippen LogP contribution in [0.15, 0.2) is 53.4 Å². The summed E-state index contributed by atoms with van der Waals surface area (Å²) < 4.78 is 32.6. The molecular weight excluding hydrogens is 404 g/mol. The van der Waals surface area contributed by atoms with Crippen molar-refractivity contribution in [2.24, 2.45) is 0 Å². The fourth-order valence-electron chi connectivity index (χ4n) is 2.99. The lowest BCUT2D eigenvalue weighted by molar-refractivity contribution is -0.138. The first-order chi connectivity index (χ1) is 14.1. The minimum absolute atomic E-state index is 0.0129. The summed E-state index contributed by atoms with van der Waals surface area (Å²) in [4.78, 5) is 27.0. The van der Waals surface area contributed by atoms with Crippen LogP contribution in [0.5, 0.6) is 0 Å². The van der Waals surface area contributed by atoms with Gasteiger partial charge in [-0.05, 0) is 24.6 Å². The molecule has 7 nitrogen and oxygen atoms in total. The smallest absolute Gasteiger partial charge is 0.339 e. The van der Waals surface area contributed by atoms with Crippen molar-refractivity contribution in [3.8, 4) is 0 Å². The molecule has 0 aliphatic carbocycles. The summed E-state index contributed by atoms with van der Waals surface area (Å²) in [6, 6.07) is 13.1. The van der Waals surface area contributed by atoms with E-state index in [1.165, 1.54) is 21.3 Å². The standard InChI is InChI=1S/C22H28N2O5S/c1-6-24(7-2)30(27,28)18-14-13-16(3)19(15-18)22(26)29-20(21(25)23(4)5)17-11-9-8-10-12-17/h8-15,20H,6-7H2,1-5H3/t20-/m0/s1. The number of rotatable bonds is 8. The predicted octanol–water partition coefficient (Wildman–Crippen LogP) is 3.01. The summed E-state index contributed by atoms with van der Waals surface area (Å²) >= 11 is 0. The van der Waals surface area contributed by atoms with Gasteiger partial charge in [0.1, 0.15) is 0 Å². The SMILES string of the molecule is CCN(CC)S(=O)(=O)c1ccc(C)c(C(=O)O[C@H](C(=O)N(C)C)c2ccccc2)c1. The van der Waals surface area contributed by atoms with Gasteiger partial charge in [0.05, 0.1) is 10.5 Å². The number of carbonyl (C=O) groups is 2. The Balaban J connectivity index is 2.43. The molecule has 162 valence electrons. The molecule has 30 heavy (non-hydrogen) atoms. The minimum atomic E-state index is -3.73. The Morgan fingerprint density at radius 1 is 1.00 bits per heavy atom. The Hall–Kier alpha value is -2.71. The molecule has 0 saturated carbocycles. The van der Waals surface area contributed by atoms with Crippen molar-refractivity contribution >= 4 is 21.9 Å². The third-order valence-electron chi connectivity index (χ3n) is 4.76. The van der Waals surface area contributed by atoms with Crippen molar-refractivity contribution in [1.82, 2.24) is 9.21 Å². The van der Waals surface area contributed by atoms with Gasteiger partial charge in [-0.3, -0.25) is 4.79 Å². The molecule has 0 radical (unpaired) electrons. The van der Waals surface area contributed by atoms with Crippen LogP contribution in [0.3, 0.4) is 0 Å². The number of hydrogen-bond donors (Lipinski definition) is 0. The van der Waals surface area contributed by atoms with E-state index in [4.69, 9.17) is 4.74 Å². The van der Waals surface area contributed by atoms with Crippen LogP contribution >= 0.6 is 0 Å². The minimum Gasteiger partial charge on any atom is -0.444 e. The zero-order chi connectivity index (χ0) is 22.5. The van der Waals surface area contributed by atoms with Crippen LogP contribution in [0.2, 0.25) is 0 Å². The first-order valence-corrected chi connectivity index (χ1v) is 11.1. The number of likely N-dealkylation sites (N-methyl/N-ethyl adjacent to an activating group) is 1. The zero-order valence-electron chi connectivity index (χ0n) is 18.0. The summed E-state index contributed by atoms with van der Waals surface area (Å²) in [5.41, 5.74) is 1.20. The number of sulfonamides is 1. The lowest BCUT2D eigenvalue weighted by Gasteiger charge is -2.22. The maximum absolute atomic E-state index is 13.0. The second-order valence-corrected chi connectivity index (χ2v) is 8.93. The predicted molar refractivity (Wildman–Crippen MR) is 115 cm³/mol. The van der Waals surface area contributed by atoms with Gasteiger partial charge in [-0.2, -0.15) is 4.31 Å². The lowest BCUT2D eigenvalue weighted by Crippen LogP contribution is -2.32. The quantitative estimate of drug-likeness (QED) is 0.599. The lowest BCUT2D eigenvalue weighted by atomic mass is 10.1. The second kappa shape index (κ2) is 9.86. The third-order valence-corrected chi connectivity index (χ3v) is 6.81. The largest absolute Gasteiger partial charge is 0.444 e. The number of benzene rings is 2. The number of esters is 1. The summed E-state index contributed by atoms with van der Waals surface area (Å²) in [5, 5.41) is 0. The number of aryl methyl sites for hydroxylation is 1. The molecule has 2 aromatic carbocycles. The van der Waals surface area contributed by atoms with Crippen molar-refractivity contribution < 1.29 is 22.7 Å². The molecule has 0 bridgehead atoms. The number of hydrogen-bond acceptors (Lipinski definition) is 5. The van der Waals surface area contributed by atoms with Crippen LogP contribution in [-0.4, -0.2) is 56.7 Å². The number of amides is 1. The fraction of sp³-hybridized carbons (Fsp3) is 0.364. The van der Waals surface area contributed by atoms with Crippen molar-refractivity contribution in [3.63, 3.8) is 0 Å². The summed E-state index contributed by atoms with van der Waals surface area (Å²) in [6.07, 6.45) is -1.13. The highest BCUT2D eigenvalue weighted by molar-refractivity contribution is 7.89. The number of carbonyl (C=O) groups excluding carboxylic acids is 2. The molecule has 0 fully saturated rings. The molecule has 1 amide bonds. The van der Waals surface area contributed by atoms with Gasteiger partial charge in [0, 0.05) is 32.7 Å². The van der Waals surface area contributed by atoms with E-state index in [0.29, 0.717) is 24.2 Å². The Labute approximate surface area is 178 Å². The molecule has 0 heterocycles. The molecular formula is C22H28N2O5S. The van der Waals surface area contributed by atoms with Gasteiger partial charge >= 0.3 is 5.97 Å². The average molecular weight is 433 g/mol. The van der Waals surface area contributed by atoms with Gasteiger partial charge in [-0.15, -0.1) is 0 Å². The topological polar surface area (TPSA) is 84.0 Å². The van der Waals surface area contributed by atoms with Gasteiger partial charge in [0.25, 0.3) is 5.91 Å². The molecule has 0 aromatic heterocycles. The number of ether oxygens (including phenoxy) is 1. The monoisotopic (exact) mass is 432 g/mol. The summed E-state index contributed by atoms with van der Waals surface area (Å²) in [6.45, 7) is 5.83. The Morgan fingerprint density at radius 2 is 1.60 bits per heavy atom. The Morgan fingerprint density at radius 3 is 2.13 bits per heavy atom. The van der Waals surface area contributed by atoms with Crippen LogP contribution in [0.1, 0.15) is 41.4 Å². The highest BCUT2D eigenvalue weighted by Gasteiger charge is 2.29. The first-order valence-electron chi connectivity index (χ1n) is 9.71. The zero-order valence-corrected chi connectivity index (χ0v) is 18.8. The normalized spacial score (nSPS) is 12.5. The van der Waals surface area contributed by atoms with Crippen molar-refractivity contribution in [2.75, 3.05) is 27.2 Å². The first kappa shape index (κ1) is 23.6. The highest BCUT2D eigenvalue weighted by atomic mass is 32.2. The fourth-order valence-corrected chi connectivity index (χ4v) is 4.47. The van der Waals surface area contributed by atoms with Gasteiger partial charge in [-0.25, -0.2) is 13.2 Å². The highest BCUT2D eigenvalue weighted by Crippen LogP contribution is 2.24. The number of nitrogens with zero attached hydrogens (tertiary/aromatic N) is 2. The van der Waals surface area contributed by atoms with E-state index in [0.717, 1.165) is 0 Å². The Bertz CT molecular complexity index is 999. The van der Waals surface area contributed by atoms with Crippen LogP contribution in [-0.2, 0) is 19.6 Å². The van der Waals surface area contributed by atoms with E-state index in [9.17, 15) is 18.0 Å². The Kier molecular flexibility index (Phi) is 7.75. The van der Waals surface area contributed by atoms with E-state index >= 15 is 0 Å². The van der Waals surface area contributed by atoms with Gasteiger partial charge in [-0.1, -0.05) is 50.2 Å². The maximum atomic E-state index is 13.0. The van der Waals surface area contributed by atoms with Gasteiger partial charge in [0.15, 0.2) is 0 Å².